The molecule has 6 heteroatoms. The highest BCUT2D eigenvalue weighted by Gasteiger charge is 2.43. The van der Waals surface area contributed by atoms with Crippen molar-refractivity contribution in [2.45, 2.75) is 26.7 Å². The Morgan fingerprint density at radius 2 is 1.95 bits per heavy atom. The molecule has 1 aromatic heterocycles. The summed E-state index contributed by atoms with van der Waals surface area (Å²) in [6.45, 7) is 7.97. The molecule has 3 heterocycles. The Bertz CT molecular complexity index is 583. The number of nitrogens with zero attached hydrogens (tertiary/aromatic N) is 4. The molecule has 2 aliphatic heterocycles. The maximum atomic E-state index is 12.4. The summed E-state index contributed by atoms with van der Waals surface area (Å²) in [5, 5.41) is 4.31. The molecule has 0 aromatic carbocycles. The Kier molecular flexibility index (Phi) is 3.89. The predicted molar refractivity (Wildman–Crippen MR) is 83.9 cm³/mol. The molecule has 22 heavy (non-hydrogen) atoms. The molecule has 0 saturated carbocycles. The predicted octanol–water partition coefficient (Wildman–Crippen LogP) is 0.970. The summed E-state index contributed by atoms with van der Waals surface area (Å²) in [6, 6.07) is 0. The highest BCUT2D eigenvalue weighted by molar-refractivity contribution is 5.78. The molecule has 1 amide bonds. The van der Waals surface area contributed by atoms with Crippen molar-refractivity contribution >= 4 is 5.91 Å². The van der Waals surface area contributed by atoms with Crippen molar-refractivity contribution in [3.05, 3.63) is 11.4 Å². The van der Waals surface area contributed by atoms with Crippen LogP contribution in [0.4, 0.5) is 0 Å². The van der Waals surface area contributed by atoms with E-state index >= 15 is 0 Å². The number of aromatic nitrogens is 2. The van der Waals surface area contributed by atoms with Crippen molar-refractivity contribution in [2.75, 3.05) is 39.8 Å². The topological polar surface area (TPSA) is 50.6 Å². The van der Waals surface area contributed by atoms with E-state index in [1.807, 2.05) is 25.8 Å². The number of carbonyl (C=O) groups is 1. The lowest BCUT2D eigenvalue weighted by Gasteiger charge is -2.23. The normalized spacial score (nSPS) is 25.4. The second kappa shape index (κ2) is 5.57. The molecule has 2 aliphatic rings. The maximum Gasteiger partial charge on any atom is 0.260 e. The summed E-state index contributed by atoms with van der Waals surface area (Å²) in [4.78, 5) is 16.8. The third-order valence-electron chi connectivity index (χ3n) is 5.20. The third-order valence-corrected chi connectivity index (χ3v) is 5.20. The Hall–Kier alpha value is -1.56. The average Bonchev–Trinajstić information content (AvgIpc) is 3.11. The monoisotopic (exact) mass is 306 g/mol. The van der Waals surface area contributed by atoms with Crippen LogP contribution in [0.15, 0.2) is 0 Å². The van der Waals surface area contributed by atoms with Crippen LogP contribution in [-0.2, 0) is 11.8 Å². The Morgan fingerprint density at radius 1 is 1.23 bits per heavy atom. The molecule has 6 nitrogen and oxygen atoms in total. The second-order valence-corrected chi connectivity index (χ2v) is 6.97. The van der Waals surface area contributed by atoms with Crippen LogP contribution in [0.1, 0.15) is 24.2 Å². The summed E-state index contributed by atoms with van der Waals surface area (Å²) in [5.74, 6) is 0.833. The maximum absolute atomic E-state index is 12.4. The van der Waals surface area contributed by atoms with Gasteiger partial charge in [0.25, 0.3) is 5.91 Å². The van der Waals surface area contributed by atoms with E-state index < -0.39 is 0 Å². The van der Waals surface area contributed by atoms with Crippen molar-refractivity contribution < 1.29 is 9.53 Å². The van der Waals surface area contributed by atoms with E-state index in [-0.39, 0.29) is 12.5 Å². The molecular formula is C16H26N4O2. The highest BCUT2D eigenvalue weighted by Crippen LogP contribution is 2.38. The number of rotatable bonds is 3. The molecule has 0 radical (unpaired) electrons. The van der Waals surface area contributed by atoms with Crippen LogP contribution in [0.25, 0.3) is 0 Å². The third kappa shape index (κ3) is 2.72. The van der Waals surface area contributed by atoms with E-state index in [1.54, 1.807) is 4.68 Å². The molecule has 2 saturated heterocycles. The smallest absolute Gasteiger partial charge is 0.260 e. The summed E-state index contributed by atoms with van der Waals surface area (Å²) in [6.07, 6.45) is 2.32. The average molecular weight is 306 g/mol. The zero-order valence-corrected chi connectivity index (χ0v) is 14.1. The SMILES string of the molecule is Cc1nn(C)c(C)c1OCC(=O)N1CCC2(CCN(C)C2)C1. The molecule has 2 fully saturated rings. The molecule has 1 atom stereocenters. The first kappa shape index (κ1) is 15.3. The lowest BCUT2D eigenvalue weighted by Crippen LogP contribution is -2.36. The Balaban J connectivity index is 1.57. The van der Waals surface area contributed by atoms with E-state index in [2.05, 4.69) is 17.0 Å². The van der Waals surface area contributed by atoms with Crippen LogP contribution in [0.3, 0.4) is 0 Å². The molecule has 0 aliphatic carbocycles. The zero-order chi connectivity index (χ0) is 15.9. The largest absolute Gasteiger partial charge is 0.480 e. The van der Waals surface area contributed by atoms with Gasteiger partial charge >= 0.3 is 0 Å². The van der Waals surface area contributed by atoms with Crippen LogP contribution in [0.5, 0.6) is 5.75 Å². The standard InChI is InChI=1S/C16H26N4O2/c1-12-15(13(2)19(4)17-12)22-9-14(21)20-8-6-16(11-20)5-7-18(3)10-16/h5-11H2,1-4H3. The molecule has 122 valence electrons. The van der Waals surface area contributed by atoms with Crippen molar-refractivity contribution in [1.82, 2.24) is 19.6 Å². The number of amides is 1. The van der Waals surface area contributed by atoms with Gasteiger partial charge in [0.05, 0.1) is 5.69 Å². The molecule has 1 aromatic rings. The molecule has 1 unspecified atom stereocenters. The molecule has 1 spiro atoms. The molecular weight excluding hydrogens is 280 g/mol. The van der Waals surface area contributed by atoms with Crippen LogP contribution in [-0.4, -0.2) is 65.3 Å². The lowest BCUT2D eigenvalue weighted by atomic mass is 9.86. The van der Waals surface area contributed by atoms with Gasteiger partial charge in [-0.3, -0.25) is 9.48 Å². The quantitative estimate of drug-likeness (QED) is 0.835. The highest BCUT2D eigenvalue weighted by atomic mass is 16.5. The summed E-state index contributed by atoms with van der Waals surface area (Å²) < 4.78 is 7.54. The number of ether oxygens (including phenoxy) is 1. The first-order valence-electron chi connectivity index (χ1n) is 7.99. The van der Waals surface area contributed by atoms with Gasteiger partial charge in [0.2, 0.25) is 0 Å². The first-order chi connectivity index (χ1) is 10.4. The first-order valence-corrected chi connectivity index (χ1v) is 7.99. The van der Waals surface area contributed by atoms with Gasteiger partial charge in [0.15, 0.2) is 12.4 Å². The van der Waals surface area contributed by atoms with Gasteiger partial charge < -0.3 is 14.5 Å². The van der Waals surface area contributed by atoms with Crippen LogP contribution in [0, 0.1) is 19.3 Å². The van der Waals surface area contributed by atoms with E-state index in [9.17, 15) is 4.79 Å². The van der Waals surface area contributed by atoms with Gasteiger partial charge in [-0.2, -0.15) is 5.10 Å². The minimum atomic E-state index is 0.0917. The van der Waals surface area contributed by atoms with Gasteiger partial charge in [-0.1, -0.05) is 0 Å². The minimum absolute atomic E-state index is 0.0917. The van der Waals surface area contributed by atoms with E-state index in [0.29, 0.717) is 5.41 Å². The van der Waals surface area contributed by atoms with E-state index in [4.69, 9.17) is 4.74 Å². The van der Waals surface area contributed by atoms with E-state index in [1.165, 1.54) is 6.42 Å². The van der Waals surface area contributed by atoms with Crippen LogP contribution in [0.2, 0.25) is 0 Å². The number of likely N-dealkylation sites (tertiary alicyclic amines) is 2. The summed E-state index contributed by atoms with van der Waals surface area (Å²) in [5.41, 5.74) is 2.12. The van der Waals surface area contributed by atoms with Crippen molar-refractivity contribution in [3.8, 4) is 5.75 Å². The van der Waals surface area contributed by atoms with Crippen molar-refractivity contribution in [2.24, 2.45) is 12.5 Å². The minimum Gasteiger partial charge on any atom is -0.480 e. The van der Waals surface area contributed by atoms with Crippen molar-refractivity contribution in [1.29, 1.82) is 0 Å². The zero-order valence-electron chi connectivity index (χ0n) is 14.1. The lowest BCUT2D eigenvalue weighted by molar-refractivity contribution is -0.132. The number of hydrogen-bond donors (Lipinski definition) is 0. The Morgan fingerprint density at radius 3 is 2.55 bits per heavy atom. The fourth-order valence-corrected chi connectivity index (χ4v) is 3.83. The van der Waals surface area contributed by atoms with Crippen LogP contribution >= 0.6 is 0 Å². The molecule has 0 N–H and O–H groups in total. The number of hydrogen-bond acceptors (Lipinski definition) is 4. The van der Waals surface area contributed by atoms with Gasteiger partial charge in [-0.15, -0.1) is 0 Å². The summed E-state index contributed by atoms with van der Waals surface area (Å²) >= 11 is 0. The second-order valence-electron chi connectivity index (χ2n) is 6.97. The molecule has 3 rings (SSSR count). The number of aryl methyl sites for hydroxylation is 2. The van der Waals surface area contributed by atoms with Gasteiger partial charge in [-0.25, -0.2) is 0 Å². The van der Waals surface area contributed by atoms with Crippen molar-refractivity contribution in [3.63, 3.8) is 0 Å². The number of carbonyl (C=O) groups excluding carboxylic acids is 1. The van der Waals surface area contributed by atoms with Gasteiger partial charge in [-0.05, 0) is 40.3 Å². The molecule has 0 bridgehead atoms. The summed E-state index contributed by atoms with van der Waals surface area (Å²) in [7, 11) is 4.05. The Labute approximate surface area is 132 Å². The van der Waals surface area contributed by atoms with Gasteiger partial charge in [0.1, 0.15) is 5.69 Å². The van der Waals surface area contributed by atoms with Crippen LogP contribution < -0.4 is 4.74 Å². The van der Waals surface area contributed by atoms with E-state index in [0.717, 1.165) is 49.7 Å². The van der Waals surface area contributed by atoms with Gasteiger partial charge in [0, 0.05) is 32.1 Å². The fourth-order valence-electron chi connectivity index (χ4n) is 3.83. The fraction of sp³-hybridized carbons (Fsp3) is 0.750.